The lowest BCUT2D eigenvalue weighted by Crippen LogP contribution is -2.52. The molecule has 0 unspecified atom stereocenters. The third kappa shape index (κ3) is 3.81. The van der Waals surface area contributed by atoms with Crippen molar-refractivity contribution in [3.8, 4) is 0 Å². The number of hydrogen-bond donors (Lipinski definition) is 1. The molecule has 1 aliphatic heterocycles. The van der Waals surface area contributed by atoms with E-state index in [4.69, 9.17) is 4.74 Å². The zero-order valence-corrected chi connectivity index (χ0v) is 14.8. The van der Waals surface area contributed by atoms with Gasteiger partial charge < -0.3 is 10.1 Å². The summed E-state index contributed by atoms with van der Waals surface area (Å²) in [6.07, 6.45) is 6.02. The first-order chi connectivity index (χ1) is 10.7. The van der Waals surface area contributed by atoms with E-state index in [1.165, 1.54) is 12.8 Å². The molecule has 1 saturated heterocycles. The molecule has 0 aromatic heterocycles. The van der Waals surface area contributed by atoms with Crippen LogP contribution in [0.25, 0.3) is 0 Å². The molecule has 3 rings (SSSR count). The maximum Gasteiger partial charge on any atom is 0.411 e. The highest BCUT2D eigenvalue weighted by Crippen LogP contribution is 2.48. The fraction of sp³-hybridized carbons (Fsp3) is 0.889. The Kier molecular flexibility index (Phi) is 4.32. The fourth-order valence-corrected chi connectivity index (χ4v) is 4.13. The molecule has 2 amide bonds. The van der Waals surface area contributed by atoms with Crippen LogP contribution in [0, 0.1) is 11.8 Å². The van der Waals surface area contributed by atoms with E-state index in [1.54, 1.807) is 4.90 Å². The zero-order chi connectivity index (χ0) is 16.8. The summed E-state index contributed by atoms with van der Waals surface area (Å²) >= 11 is 0. The molecule has 23 heavy (non-hydrogen) atoms. The molecule has 0 aromatic rings. The minimum Gasteiger partial charge on any atom is -0.444 e. The van der Waals surface area contributed by atoms with Crippen molar-refractivity contribution >= 4 is 12.0 Å². The van der Waals surface area contributed by atoms with Crippen LogP contribution in [0.3, 0.4) is 0 Å². The second kappa shape index (κ2) is 5.99. The van der Waals surface area contributed by atoms with Crippen LogP contribution in [-0.2, 0) is 9.53 Å². The first kappa shape index (κ1) is 16.6. The molecular weight excluding hydrogens is 292 g/mol. The van der Waals surface area contributed by atoms with Gasteiger partial charge in [0.1, 0.15) is 11.6 Å². The maximum absolute atomic E-state index is 12.7. The Bertz CT molecular complexity index is 485. The van der Waals surface area contributed by atoms with Gasteiger partial charge in [-0.25, -0.2) is 4.79 Å². The Morgan fingerprint density at radius 2 is 1.87 bits per heavy atom. The Morgan fingerprint density at radius 1 is 1.13 bits per heavy atom. The number of rotatable bonds is 2. The molecule has 2 aliphatic carbocycles. The third-order valence-corrected chi connectivity index (χ3v) is 5.29. The van der Waals surface area contributed by atoms with Gasteiger partial charge in [0.2, 0.25) is 5.91 Å². The molecular formula is C18H30N2O3. The van der Waals surface area contributed by atoms with E-state index in [-0.39, 0.29) is 30.1 Å². The van der Waals surface area contributed by atoms with Crippen LogP contribution in [-0.4, -0.2) is 40.6 Å². The number of amides is 2. The predicted octanol–water partition coefficient (Wildman–Crippen LogP) is 3.08. The average molecular weight is 322 g/mol. The van der Waals surface area contributed by atoms with Crippen molar-refractivity contribution in [3.05, 3.63) is 0 Å². The molecule has 0 radical (unpaired) electrons. The summed E-state index contributed by atoms with van der Waals surface area (Å²) in [5.41, 5.74) is -0.524. The highest BCUT2D eigenvalue weighted by Gasteiger charge is 2.57. The standard InChI is InChI=1S/C18H30N2O3/c1-11-6-5-7-13(8-11)19-16(21)15-10-12-9-14(12)20(15)17(22)23-18(2,3)4/h11-15H,5-10H2,1-4H3,(H,19,21)/t11-,12+,13-,14+,15-/m0/s1. The Labute approximate surface area is 139 Å². The van der Waals surface area contributed by atoms with E-state index in [2.05, 4.69) is 12.2 Å². The minimum atomic E-state index is -0.524. The van der Waals surface area contributed by atoms with Gasteiger partial charge in [0.15, 0.2) is 0 Å². The van der Waals surface area contributed by atoms with Gasteiger partial charge in [0, 0.05) is 12.1 Å². The van der Waals surface area contributed by atoms with Gasteiger partial charge in [0.05, 0.1) is 0 Å². The normalized spacial score (nSPS) is 36.3. The largest absolute Gasteiger partial charge is 0.444 e. The van der Waals surface area contributed by atoms with Crippen molar-refractivity contribution < 1.29 is 14.3 Å². The van der Waals surface area contributed by atoms with Crippen LogP contribution in [0.4, 0.5) is 4.79 Å². The topological polar surface area (TPSA) is 58.6 Å². The Morgan fingerprint density at radius 3 is 2.52 bits per heavy atom. The number of piperidine rings is 1. The molecule has 1 heterocycles. The van der Waals surface area contributed by atoms with Crippen molar-refractivity contribution in [1.82, 2.24) is 10.2 Å². The Balaban J connectivity index is 1.61. The second-order valence-corrected chi connectivity index (χ2v) is 8.68. The summed E-state index contributed by atoms with van der Waals surface area (Å²) in [6.45, 7) is 7.84. The number of hydrogen-bond acceptors (Lipinski definition) is 3. The van der Waals surface area contributed by atoms with Crippen LogP contribution >= 0.6 is 0 Å². The van der Waals surface area contributed by atoms with E-state index in [0.717, 1.165) is 25.7 Å². The first-order valence-electron chi connectivity index (χ1n) is 9.06. The monoisotopic (exact) mass is 322 g/mol. The summed E-state index contributed by atoms with van der Waals surface area (Å²) in [7, 11) is 0. The number of carbonyl (C=O) groups excluding carboxylic acids is 2. The quantitative estimate of drug-likeness (QED) is 0.850. The summed E-state index contributed by atoms with van der Waals surface area (Å²) in [6, 6.07) is 0.139. The smallest absolute Gasteiger partial charge is 0.411 e. The molecule has 5 atom stereocenters. The number of ether oxygens (including phenoxy) is 1. The molecule has 3 aliphatic rings. The third-order valence-electron chi connectivity index (χ3n) is 5.29. The summed E-state index contributed by atoms with van der Waals surface area (Å²) in [4.78, 5) is 26.9. The van der Waals surface area contributed by atoms with E-state index in [1.807, 2.05) is 20.8 Å². The number of fused-ring (bicyclic) bond motifs is 1. The van der Waals surface area contributed by atoms with E-state index >= 15 is 0 Å². The highest BCUT2D eigenvalue weighted by atomic mass is 16.6. The van der Waals surface area contributed by atoms with E-state index < -0.39 is 5.60 Å². The molecule has 130 valence electrons. The number of nitrogens with zero attached hydrogens (tertiary/aromatic N) is 1. The van der Waals surface area contributed by atoms with Crippen LogP contribution < -0.4 is 5.32 Å². The van der Waals surface area contributed by atoms with Crippen LogP contribution in [0.5, 0.6) is 0 Å². The number of likely N-dealkylation sites (tertiary alicyclic amines) is 1. The van der Waals surface area contributed by atoms with E-state index in [0.29, 0.717) is 11.8 Å². The fourth-order valence-electron chi connectivity index (χ4n) is 4.13. The molecule has 0 spiro atoms. The predicted molar refractivity (Wildman–Crippen MR) is 87.9 cm³/mol. The van der Waals surface area contributed by atoms with Crippen molar-refractivity contribution in [2.24, 2.45) is 11.8 Å². The van der Waals surface area contributed by atoms with Crippen molar-refractivity contribution in [1.29, 1.82) is 0 Å². The van der Waals surface area contributed by atoms with Gasteiger partial charge in [-0.05, 0) is 58.3 Å². The molecule has 5 heteroatoms. The van der Waals surface area contributed by atoms with Gasteiger partial charge >= 0.3 is 6.09 Å². The van der Waals surface area contributed by atoms with Crippen molar-refractivity contribution in [3.63, 3.8) is 0 Å². The van der Waals surface area contributed by atoms with Gasteiger partial charge in [0.25, 0.3) is 0 Å². The lowest BCUT2D eigenvalue weighted by Gasteiger charge is -2.32. The molecule has 0 aromatic carbocycles. The summed E-state index contributed by atoms with van der Waals surface area (Å²) < 4.78 is 5.51. The summed E-state index contributed by atoms with van der Waals surface area (Å²) in [5.74, 6) is 1.18. The lowest BCUT2D eigenvalue weighted by molar-refractivity contribution is -0.127. The maximum atomic E-state index is 12.7. The molecule has 2 saturated carbocycles. The summed E-state index contributed by atoms with van der Waals surface area (Å²) in [5, 5.41) is 3.19. The SMILES string of the molecule is C[C@H]1CCC[C@H](NC(=O)[C@@H]2C[C@H]3C[C@H]3N2C(=O)OC(C)(C)C)C1. The lowest BCUT2D eigenvalue weighted by atomic mass is 9.87. The first-order valence-corrected chi connectivity index (χ1v) is 9.06. The van der Waals surface area contributed by atoms with Crippen LogP contribution in [0.1, 0.15) is 66.2 Å². The van der Waals surface area contributed by atoms with Crippen molar-refractivity contribution in [2.45, 2.75) is 89.9 Å². The molecule has 5 nitrogen and oxygen atoms in total. The van der Waals surface area contributed by atoms with Gasteiger partial charge in [-0.2, -0.15) is 0 Å². The molecule has 1 N–H and O–H groups in total. The van der Waals surface area contributed by atoms with Crippen LogP contribution in [0.15, 0.2) is 0 Å². The Hall–Kier alpha value is -1.26. The average Bonchev–Trinajstić information content (AvgIpc) is 3.06. The number of nitrogens with one attached hydrogen (secondary N) is 1. The van der Waals surface area contributed by atoms with Gasteiger partial charge in [-0.1, -0.05) is 19.8 Å². The minimum absolute atomic E-state index is 0.0159. The second-order valence-electron chi connectivity index (χ2n) is 8.68. The highest BCUT2D eigenvalue weighted by molar-refractivity contribution is 5.87. The van der Waals surface area contributed by atoms with Crippen molar-refractivity contribution in [2.75, 3.05) is 0 Å². The molecule has 0 bridgehead atoms. The van der Waals surface area contributed by atoms with Crippen LogP contribution in [0.2, 0.25) is 0 Å². The van der Waals surface area contributed by atoms with Gasteiger partial charge in [-0.3, -0.25) is 9.69 Å². The van der Waals surface area contributed by atoms with Gasteiger partial charge in [-0.15, -0.1) is 0 Å². The van der Waals surface area contributed by atoms with E-state index in [9.17, 15) is 9.59 Å². The molecule has 3 fully saturated rings. The number of carbonyl (C=O) groups is 2. The zero-order valence-electron chi connectivity index (χ0n) is 14.8.